The Labute approximate surface area is 101 Å². The van der Waals surface area contributed by atoms with Crippen molar-refractivity contribution in [3.8, 4) is 0 Å². The van der Waals surface area contributed by atoms with Crippen LogP contribution in [-0.4, -0.2) is 9.97 Å². The lowest BCUT2D eigenvalue weighted by Gasteiger charge is -2.18. The van der Waals surface area contributed by atoms with Crippen molar-refractivity contribution in [3.63, 3.8) is 0 Å². The average Bonchev–Trinajstić information content (AvgIpc) is 2.40. The predicted octanol–water partition coefficient (Wildman–Crippen LogP) is 3.94. The average molecular weight is 290 g/mol. The Morgan fingerprint density at radius 2 is 2.00 bits per heavy atom. The van der Waals surface area contributed by atoms with Crippen LogP contribution >= 0.6 is 27.5 Å². The third kappa shape index (κ3) is 2.01. The number of fused-ring (bicyclic) bond motifs is 1. The summed E-state index contributed by atoms with van der Waals surface area (Å²) in [5, 5.41) is 0.121. The normalized spacial score (nSPS) is 12.3. The highest BCUT2D eigenvalue weighted by Crippen LogP contribution is 2.31. The topological polar surface area (TPSA) is 38.9 Å². The fraction of sp³-hybridized carbons (Fsp3) is 0.400. The molecule has 0 aliphatic rings. The molecule has 2 rings (SSSR count). The summed E-state index contributed by atoms with van der Waals surface area (Å²) in [6.45, 7) is 6.26. The van der Waals surface area contributed by atoms with Crippen LogP contribution in [0.3, 0.4) is 0 Å². The monoisotopic (exact) mass is 288 g/mol. The molecule has 2 heterocycles. The summed E-state index contributed by atoms with van der Waals surface area (Å²) in [5.41, 5.74) is 2.03. The Morgan fingerprint density at radius 1 is 1.33 bits per heavy atom. The maximum Gasteiger partial charge on any atom is 0.294 e. The highest BCUT2D eigenvalue weighted by molar-refractivity contribution is 9.10. The highest BCUT2D eigenvalue weighted by Gasteiger charge is 2.21. The number of nitrogens with zero attached hydrogens (tertiary/aromatic N) is 2. The molecule has 80 valence electrons. The van der Waals surface area contributed by atoms with Crippen LogP contribution in [0.5, 0.6) is 0 Å². The second kappa shape index (κ2) is 3.46. The Bertz CT molecular complexity index is 516. The first kappa shape index (κ1) is 10.9. The molecule has 0 bridgehead atoms. The molecule has 0 fully saturated rings. The summed E-state index contributed by atoms with van der Waals surface area (Å²) in [7, 11) is 0. The molecule has 0 unspecified atom stereocenters. The van der Waals surface area contributed by atoms with Crippen LogP contribution < -0.4 is 0 Å². The van der Waals surface area contributed by atoms with E-state index in [4.69, 9.17) is 16.0 Å². The summed E-state index contributed by atoms with van der Waals surface area (Å²) in [4.78, 5) is 8.41. The van der Waals surface area contributed by atoms with Gasteiger partial charge in [-0.3, -0.25) is 0 Å². The number of rotatable bonds is 0. The van der Waals surface area contributed by atoms with E-state index in [-0.39, 0.29) is 10.8 Å². The van der Waals surface area contributed by atoms with E-state index in [1.165, 1.54) is 0 Å². The molecule has 0 saturated heterocycles. The first-order valence-corrected chi connectivity index (χ1v) is 5.68. The van der Waals surface area contributed by atoms with Gasteiger partial charge in [-0.2, -0.15) is 4.98 Å². The van der Waals surface area contributed by atoms with Gasteiger partial charge < -0.3 is 4.42 Å². The van der Waals surface area contributed by atoms with Crippen molar-refractivity contribution in [2.45, 2.75) is 26.2 Å². The minimum absolute atomic E-state index is 0.0493. The van der Waals surface area contributed by atoms with E-state index in [9.17, 15) is 0 Å². The number of pyridine rings is 1. The van der Waals surface area contributed by atoms with Gasteiger partial charge >= 0.3 is 0 Å². The van der Waals surface area contributed by atoms with Crippen LogP contribution in [0.2, 0.25) is 5.35 Å². The molecule has 3 nitrogen and oxygen atoms in total. The van der Waals surface area contributed by atoms with E-state index >= 15 is 0 Å². The van der Waals surface area contributed by atoms with Crippen LogP contribution in [0.25, 0.3) is 11.2 Å². The smallest absolute Gasteiger partial charge is 0.294 e. The molecule has 0 N–H and O–H groups in total. The number of halogens is 2. The number of aromatic nitrogens is 2. The molecule has 0 atom stereocenters. The molecule has 0 aliphatic heterocycles. The Morgan fingerprint density at radius 3 is 2.60 bits per heavy atom. The molecule has 15 heavy (non-hydrogen) atoms. The molecule has 0 aliphatic carbocycles. The van der Waals surface area contributed by atoms with E-state index in [0.29, 0.717) is 11.2 Å². The summed E-state index contributed by atoms with van der Waals surface area (Å²) < 4.78 is 6.10. The van der Waals surface area contributed by atoms with Gasteiger partial charge in [0.05, 0.1) is 5.69 Å². The SMILES string of the molecule is CC(C)(C)c1nc2oc(Cl)nc2cc1Br. The van der Waals surface area contributed by atoms with Gasteiger partial charge in [-0.1, -0.05) is 20.8 Å². The van der Waals surface area contributed by atoms with E-state index < -0.39 is 0 Å². The van der Waals surface area contributed by atoms with Crippen molar-refractivity contribution in [2.75, 3.05) is 0 Å². The minimum Gasteiger partial charge on any atom is -0.408 e. The third-order valence-electron chi connectivity index (χ3n) is 2.02. The predicted molar refractivity (Wildman–Crippen MR) is 63.2 cm³/mol. The maximum absolute atomic E-state index is 5.67. The van der Waals surface area contributed by atoms with E-state index in [0.717, 1.165) is 10.2 Å². The summed E-state index contributed by atoms with van der Waals surface area (Å²) >= 11 is 9.14. The van der Waals surface area contributed by atoms with E-state index in [1.807, 2.05) is 6.07 Å². The quantitative estimate of drug-likeness (QED) is 0.737. The van der Waals surface area contributed by atoms with Crippen LogP contribution in [0.1, 0.15) is 26.5 Å². The molecule has 0 saturated carbocycles. The van der Waals surface area contributed by atoms with Crippen molar-refractivity contribution < 1.29 is 4.42 Å². The number of oxazole rings is 1. The van der Waals surface area contributed by atoms with Gasteiger partial charge in [-0.05, 0) is 33.6 Å². The van der Waals surface area contributed by atoms with Gasteiger partial charge in [-0.25, -0.2) is 4.98 Å². The highest BCUT2D eigenvalue weighted by atomic mass is 79.9. The zero-order valence-electron chi connectivity index (χ0n) is 8.64. The van der Waals surface area contributed by atoms with Crippen LogP contribution in [0.15, 0.2) is 15.0 Å². The lowest BCUT2D eigenvalue weighted by Crippen LogP contribution is -2.14. The van der Waals surface area contributed by atoms with Crippen molar-refractivity contribution in [1.29, 1.82) is 0 Å². The first-order chi connectivity index (χ1) is 6.88. The summed E-state index contributed by atoms with van der Waals surface area (Å²) in [6.07, 6.45) is 0. The lowest BCUT2D eigenvalue weighted by atomic mass is 9.92. The lowest BCUT2D eigenvalue weighted by molar-refractivity contribution is 0.550. The molecule has 2 aromatic heterocycles. The molecule has 0 amide bonds. The number of hydrogen-bond donors (Lipinski definition) is 0. The summed E-state index contributed by atoms with van der Waals surface area (Å²) in [5.74, 6) is 0. The maximum atomic E-state index is 5.67. The second-order valence-electron chi connectivity index (χ2n) is 4.36. The molecular weight excluding hydrogens is 279 g/mol. The number of hydrogen-bond acceptors (Lipinski definition) is 3. The van der Waals surface area contributed by atoms with Gasteiger partial charge in [0.2, 0.25) is 5.71 Å². The zero-order chi connectivity index (χ0) is 11.2. The molecule has 2 aromatic rings. The van der Waals surface area contributed by atoms with Crippen LogP contribution in [0, 0.1) is 0 Å². The van der Waals surface area contributed by atoms with Gasteiger partial charge in [0.25, 0.3) is 5.35 Å². The van der Waals surface area contributed by atoms with Gasteiger partial charge in [-0.15, -0.1) is 0 Å². The third-order valence-corrected chi connectivity index (χ3v) is 2.79. The first-order valence-electron chi connectivity index (χ1n) is 4.51. The molecule has 0 radical (unpaired) electrons. The second-order valence-corrected chi connectivity index (χ2v) is 5.54. The fourth-order valence-corrected chi connectivity index (χ4v) is 2.41. The van der Waals surface area contributed by atoms with Crippen LogP contribution in [0.4, 0.5) is 0 Å². The van der Waals surface area contributed by atoms with Gasteiger partial charge in [0.15, 0.2) is 0 Å². The van der Waals surface area contributed by atoms with Gasteiger partial charge in [0, 0.05) is 9.89 Å². The Hall–Kier alpha value is -0.610. The van der Waals surface area contributed by atoms with Gasteiger partial charge in [0.1, 0.15) is 5.52 Å². The van der Waals surface area contributed by atoms with Crippen molar-refractivity contribution >= 4 is 38.8 Å². The molecule has 5 heteroatoms. The van der Waals surface area contributed by atoms with Crippen molar-refractivity contribution in [1.82, 2.24) is 9.97 Å². The standard InChI is InChI=1S/C10H10BrClN2O/c1-10(2,3)7-5(11)4-6-8(14-7)15-9(12)13-6/h4H,1-3H3. The Balaban J connectivity index is 2.72. The Kier molecular flexibility index (Phi) is 2.51. The minimum atomic E-state index is -0.0493. The van der Waals surface area contributed by atoms with Crippen molar-refractivity contribution in [3.05, 3.63) is 21.6 Å². The van der Waals surface area contributed by atoms with Crippen LogP contribution in [-0.2, 0) is 5.41 Å². The summed E-state index contributed by atoms with van der Waals surface area (Å²) in [6, 6.07) is 1.87. The molecule has 0 spiro atoms. The van der Waals surface area contributed by atoms with E-state index in [1.54, 1.807) is 0 Å². The fourth-order valence-electron chi connectivity index (χ4n) is 1.34. The zero-order valence-corrected chi connectivity index (χ0v) is 11.0. The van der Waals surface area contributed by atoms with E-state index in [2.05, 4.69) is 46.7 Å². The van der Waals surface area contributed by atoms with Crippen molar-refractivity contribution in [2.24, 2.45) is 0 Å². The molecular formula is C10H10BrClN2O. The molecule has 0 aromatic carbocycles. The largest absolute Gasteiger partial charge is 0.408 e.